The van der Waals surface area contributed by atoms with Gasteiger partial charge in [-0.2, -0.15) is 0 Å². The van der Waals surface area contributed by atoms with Gasteiger partial charge in [-0.05, 0) is 129 Å². The van der Waals surface area contributed by atoms with Crippen molar-refractivity contribution < 1.29 is 105 Å². The molecule has 0 spiro atoms. The van der Waals surface area contributed by atoms with Gasteiger partial charge in [0, 0.05) is 75.9 Å². The summed E-state index contributed by atoms with van der Waals surface area (Å²) in [7, 11) is 0. The van der Waals surface area contributed by atoms with Gasteiger partial charge in [0.15, 0.2) is 5.82 Å². The van der Waals surface area contributed by atoms with Crippen molar-refractivity contribution in [3.05, 3.63) is 41.2 Å². The maximum absolute atomic E-state index is 12.9. The highest BCUT2D eigenvalue weighted by molar-refractivity contribution is 6.06. The van der Waals surface area contributed by atoms with E-state index >= 15 is 0 Å². The number of benzene rings is 1. The van der Waals surface area contributed by atoms with Gasteiger partial charge in [0.1, 0.15) is 17.4 Å². The molecule has 0 bridgehead atoms. The lowest BCUT2D eigenvalue weighted by molar-refractivity contribution is -0.134. The van der Waals surface area contributed by atoms with Crippen LogP contribution in [0.25, 0.3) is 21.9 Å². The van der Waals surface area contributed by atoms with Crippen molar-refractivity contribution in [2.75, 3.05) is 276 Å². The minimum Gasteiger partial charge on any atom is -0.446 e. The van der Waals surface area contributed by atoms with E-state index in [1.54, 1.807) is 0 Å². The number of nitrogen functional groups attached to an aromatic ring is 1. The van der Waals surface area contributed by atoms with Crippen LogP contribution in [0.5, 0.6) is 0 Å². The first kappa shape index (κ1) is 102. The quantitative estimate of drug-likeness (QED) is 0.0259. The molecule has 3 heterocycles. The fourth-order valence-corrected chi connectivity index (χ4v) is 18.4. The van der Waals surface area contributed by atoms with Crippen molar-refractivity contribution in [1.82, 2.24) is 35.0 Å². The molecule has 6 N–H and O–H groups in total. The number of fused-ring (bicyclic) bond motifs is 8. The highest BCUT2D eigenvalue weighted by atomic mass is 16.6. The summed E-state index contributed by atoms with van der Waals surface area (Å²) >= 11 is 0. The molecule has 0 radical (unpaired) electrons. The molecule has 30 heteroatoms. The number of ether oxygens (including phenoxy) is 17. The lowest BCUT2D eigenvalue weighted by atomic mass is 9.47. The third kappa shape index (κ3) is 36.3. The average Bonchev–Trinajstić information content (AvgIpc) is 1.34. The number of hydrogen-bond acceptors (Lipinski definition) is 26. The number of pyridine rings is 1. The van der Waals surface area contributed by atoms with Crippen LogP contribution in [0.1, 0.15) is 163 Å². The molecule has 1 aromatic carbocycles. The summed E-state index contributed by atoms with van der Waals surface area (Å²) in [6.45, 7) is 35.2. The number of allylic oxidation sites excluding steroid dienone is 1. The largest absolute Gasteiger partial charge is 0.446 e. The fourth-order valence-electron chi connectivity index (χ4n) is 18.4. The van der Waals surface area contributed by atoms with E-state index in [1.807, 2.05) is 11.8 Å². The first-order chi connectivity index (χ1) is 59.5. The van der Waals surface area contributed by atoms with Crippen LogP contribution in [0.4, 0.5) is 10.6 Å². The van der Waals surface area contributed by atoms with Crippen LogP contribution in [0, 0.1) is 51.8 Å². The number of nitrogens with two attached hydrogens (primary N) is 1. The van der Waals surface area contributed by atoms with Crippen LogP contribution < -0.4 is 16.4 Å². The Labute approximate surface area is 728 Å². The molecule has 8 atom stereocenters. The molecule has 3 amide bonds. The van der Waals surface area contributed by atoms with Gasteiger partial charge >= 0.3 is 6.09 Å². The van der Waals surface area contributed by atoms with Gasteiger partial charge in [-0.3, -0.25) is 14.5 Å². The molecule has 4 fully saturated rings. The number of hydrogen-bond donors (Lipinski definition) is 5. The number of unbranched alkanes of at least 4 members (excludes halogenated alkanes) is 1. The lowest BCUT2D eigenvalue weighted by Gasteiger charge is -2.58. The smallest absolute Gasteiger partial charge is 0.407 e. The van der Waals surface area contributed by atoms with Crippen molar-refractivity contribution in [2.24, 2.45) is 51.8 Å². The number of aliphatic hydroxyl groups is 2. The second kappa shape index (κ2) is 59.3. The van der Waals surface area contributed by atoms with Gasteiger partial charge in [-0.25, -0.2) is 14.8 Å². The third-order valence-corrected chi connectivity index (χ3v) is 25.3. The zero-order valence-electron chi connectivity index (χ0n) is 75.7. The Balaban J connectivity index is 0.465. The molecule has 8 rings (SSSR count). The van der Waals surface area contributed by atoms with Crippen molar-refractivity contribution in [3.8, 4) is 0 Å². The molecular weight excluding hydrogens is 1570 g/mol. The monoisotopic (exact) mass is 1730 g/mol. The van der Waals surface area contributed by atoms with Crippen LogP contribution in [-0.4, -0.2) is 329 Å². The molecule has 0 unspecified atom stereocenters. The van der Waals surface area contributed by atoms with Gasteiger partial charge in [-0.15, -0.1) is 0 Å². The van der Waals surface area contributed by atoms with Crippen LogP contribution >= 0.6 is 0 Å². The number of alkyl carbamates (subject to hydrolysis) is 1. The topological polar surface area (TPSA) is 336 Å². The molecule has 30 nitrogen and oxygen atoms in total. The van der Waals surface area contributed by atoms with Gasteiger partial charge < -0.3 is 117 Å². The number of aromatic nitrogens is 3. The van der Waals surface area contributed by atoms with E-state index in [9.17, 15) is 24.6 Å². The van der Waals surface area contributed by atoms with Crippen molar-refractivity contribution in [3.63, 3.8) is 0 Å². The number of amides is 3. The molecule has 122 heavy (non-hydrogen) atoms. The predicted molar refractivity (Wildman–Crippen MR) is 468 cm³/mol. The van der Waals surface area contributed by atoms with E-state index < -0.39 is 5.41 Å². The summed E-state index contributed by atoms with van der Waals surface area (Å²) in [6, 6.07) is 6.37. The summed E-state index contributed by atoms with van der Waals surface area (Å²) in [4.78, 5) is 52.0. The number of carbonyl (C=O) groups is 3. The molecule has 5 aliphatic rings. The highest BCUT2D eigenvalue weighted by Crippen LogP contribution is 2.67. The van der Waals surface area contributed by atoms with Gasteiger partial charge in [0.05, 0.1) is 242 Å². The van der Waals surface area contributed by atoms with Crippen molar-refractivity contribution in [1.29, 1.82) is 0 Å². The molecule has 3 saturated carbocycles. The zero-order valence-corrected chi connectivity index (χ0v) is 75.7. The second-order valence-electron chi connectivity index (χ2n) is 34.9. The van der Waals surface area contributed by atoms with Crippen LogP contribution in [-0.2, 0) is 110 Å². The van der Waals surface area contributed by atoms with Gasteiger partial charge in [0.2, 0.25) is 11.8 Å². The first-order valence-corrected chi connectivity index (χ1v) is 46.4. The summed E-state index contributed by atoms with van der Waals surface area (Å²) in [5.74, 6) is 6.17. The summed E-state index contributed by atoms with van der Waals surface area (Å²) in [5.41, 5.74) is 11.6. The van der Waals surface area contributed by atoms with Crippen molar-refractivity contribution in [2.45, 2.75) is 177 Å². The predicted octanol–water partition coefficient (Wildman–Crippen LogP) is 9.88. The van der Waals surface area contributed by atoms with Crippen LogP contribution in [0.3, 0.4) is 0 Å². The zero-order chi connectivity index (χ0) is 86.7. The summed E-state index contributed by atoms with van der Waals surface area (Å²) in [5, 5.41) is 27.0. The number of nitrogens with one attached hydrogen (secondary N) is 2. The molecular formula is C92H158N8O22. The third-order valence-electron chi connectivity index (χ3n) is 25.3. The number of aliphatic hydroxyl groups excluding tert-OH is 2. The fraction of sp³-hybridized carbons (Fsp3) is 0.837. The molecule has 2 aromatic heterocycles. The lowest BCUT2D eigenvalue weighted by Crippen LogP contribution is -2.51. The van der Waals surface area contributed by atoms with E-state index in [4.69, 9.17) is 96.2 Å². The maximum Gasteiger partial charge on any atom is 0.407 e. The minimum atomic E-state index is -0.714. The molecule has 1 saturated heterocycles. The molecule has 4 aliphatic carbocycles. The second-order valence-corrected chi connectivity index (χ2v) is 34.9. The SMILES string of the molecule is CCCCc1nc2c(N)nc3cc(CCCN4CCN(C(=O)CCOCCOCCOCCOCCOCCOCCOCCOCCOCCOCCOCCOCCNC(=O)CCOCCOCCOCCOCCNC(=O)O[C@H]5CC[C@@]6(C)C(=CC[C@H]7[C@@H]8CC[C@H]([C@H](C)CCCC(C)C)[C@@]8(C)CC[C@@H]76)C5)CC4)ccc3c2n1CC(C)(CO)CO. The van der Waals surface area contributed by atoms with E-state index in [1.165, 1.54) is 62.5 Å². The van der Waals surface area contributed by atoms with Crippen molar-refractivity contribution >= 4 is 45.7 Å². The number of aryl methyl sites for hydroxylation is 2. The Morgan fingerprint density at radius 2 is 1.07 bits per heavy atom. The normalized spacial score (nSPS) is 20.9. The number of imidazole rings is 1. The van der Waals surface area contributed by atoms with E-state index in [2.05, 4.69) is 85.9 Å². The average molecular weight is 1730 g/mol. The number of carbonyl (C=O) groups excluding carboxylic acids is 3. The van der Waals surface area contributed by atoms with E-state index in [0.29, 0.717) is 267 Å². The van der Waals surface area contributed by atoms with E-state index in [0.717, 1.165) is 129 Å². The Kier molecular flexibility index (Phi) is 49.8. The maximum atomic E-state index is 12.9. The highest BCUT2D eigenvalue weighted by Gasteiger charge is 2.59. The van der Waals surface area contributed by atoms with Gasteiger partial charge in [-0.1, -0.05) is 97.9 Å². The Bertz CT molecular complexity index is 3360. The minimum absolute atomic E-state index is 0.0732. The standard InChI is InChI=1S/C92H158N8O22/c1-8-9-15-83-97-86-87(100(83)69-90(5,70-101)71-102)78-18-16-74(67-82(78)96-88(86)93)14-11-30-98-31-33-99(34-32-98)85(104)25-36-107-40-44-111-48-51-114-53-55-116-57-59-118-61-63-120-65-66-121-64-62-119-60-58-117-56-54-115-52-50-112-45-41-108-37-28-94-84(103)24-35-106-39-43-110-47-49-113-46-42-109-38-29-95-89(105)122-76-22-26-91(6)75(68-76)17-19-77-80-21-20-79(73(4)13-10-12-72(2)3)92(80,7)27-23-81(77)91/h16-18,67,72-73,76-77,79-81,101-102H,8-15,19-66,68-71H2,1-7H3,(H2,93,96)(H,94,103)(H,95,105)/t73-,76+,77+,79-,80+,81+,91+,92-/m1/s1. The Hall–Kier alpha value is -4.91. The number of piperazine rings is 1. The summed E-state index contributed by atoms with van der Waals surface area (Å²) < 4.78 is 97.5. The molecule has 3 aromatic rings. The number of nitrogens with zero attached hydrogens (tertiary/aromatic N) is 5. The molecule has 698 valence electrons. The van der Waals surface area contributed by atoms with E-state index in [-0.39, 0.29) is 49.1 Å². The van der Waals surface area contributed by atoms with Crippen LogP contribution in [0.15, 0.2) is 29.8 Å². The first-order valence-electron chi connectivity index (χ1n) is 46.4. The van der Waals surface area contributed by atoms with Crippen LogP contribution in [0.2, 0.25) is 0 Å². The Morgan fingerprint density at radius 3 is 1.57 bits per heavy atom. The summed E-state index contributed by atoms with van der Waals surface area (Å²) in [6.07, 6.45) is 21.1. The number of anilines is 1. The van der Waals surface area contributed by atoms with Gasteiger partial charge in [0.25, 0.3) is 0 Å². The Morgan fingerprint density at radius 1 is 0.566 bits per heavy atom. The molecule has 1 aliphatic heterocycles. The number of rotatable bonds is 71.